The lowest BCUT2D eigenvalue weighted by Crippen LogP contribution is -2.13. The number of rotatable bonds is 2. The maximum atomic E-state index is 9.98. The summed E-state index contributed by atoms with van der Waals surface area (Å²) in [6.07, 6.45) is 0. The molecule has 3 aromatic rings. The minimum Gasteiger partial charge on any atom is -0.508 e. The fourth-order valence-electron chi connectivity index (χ4n) is 2.35. The van der Waals surface area contributed by atoms with Crippen LogP contribution in [0.1, 0.15) is 10.9 Å². The summed E-state index contributed by atoms with van der Waals surface area (Å²) in [6.45, 7) is 0. The Labute approximate surface area is 130 Å². The normalized spacial score (nSPS) is 16.3. The standard InChI is InChI=1S/C15H12N4O2S/c20-10-7-5-9(6-8-10)13-16-17-15-19(13)18-14(22-15)11-3-1-2-4-12(11)21/h1-8,14,18,20-21H/t14-/m0/s1. The van der Waals surface area contributed by atoms with Crippen LogP contribution in [-0.4, -0.2) is 25.1 Å². The molecule has 1 atom stereocenters. The zero-order valence-electron chi connectivity index (χ0n) is 11.3. The molecule has 0 amide bonds. The molecule has 0 saturated heterocycles. The molecule has 4 rings (SSSR count). The van der Waals surface area contributed by atoms with Crippen LogP contribution in [0.5, 0.6) is 11.5 Å². The predicted octanol–water partition coefficient (Wildman–Crippen LogP) is 2.70. The van der Waals surface area contributed by atoms with Crippen LogP contribution in [0, 0.1) is 0 Å². The van der Waals surface area contributed by atoms with Crippen LogP contribution in [0.2, 0.25) is 0 Å². The Hall–Kier alpha value is -2.67. The molecule has 1 aliphatic rings. The molecule has 6 nitrogen and oxygen atoms in total. The van der Waals surface area contributed by atoms with Crippen LogP contribution < -0.4 is 5.43 Å². The molecule has 0 radical (unpaired) electrons. The molecule has 0 saturated carbocycles. The number of thioether (sulfide) groups is 1. The van der Waals surface area contributed by atoms with Crippen molar-refractivity contribution in [3.63, 3.8) is 0 Å². The Bertz CT molecular complexity index is 832. The van der Waals surface area contributed by atoms with Gasteiger partial charge in [-0.15, -0.1) is 10.2 Å². The topological polar surface area (TPSA) is 83.2 Å². The molecule has 1 aliphatic heterocycles. The SMILES string of the molecule is Oc1ccc(-c2nnc3n2N[C@H](c2ccccc2O)S3)cc1. The maximum Gasteiger partial charge on any atom is 0.212 e. The molecule has 3 N–H and O–H groups in total. The van der Waals surface area contributed by atoms with Crippen molar-refractivity contribution < 1.29 is 10.2 Å². The van der Waals surface area contributed by atoms with Crippen LogP contribution in [-0.2, 0) is 0 Å². The summed E-state index contributed by atoms with van der Waals surface area (Å²) in [5.74, 6) is 1.12. The van der Waals surface area contributed by atoms with Crippen molar-refractivity contribution in [3.05, 3.63) is 54.1 Å². The van der Waals surface area contributed by atoms with Crippen LogP contribution in [0.4, 0.5) is 0 Å². The van der Waals surface area contributed by atoms with E-state index in [4.69, 9.17) is 0 Å². The van der Waals surface area contributed by atoms with Gasteiger partial charge in [0, 0.05) is 11.1 Å². The smallest absolute Gasteiger partial charge is 0.212 e. The van der Waals surface area contributed by atoms with E-state index in [0.717, 1.165) is 16.3 Å². The minimum absolute atomic E-state index is 0.123. The second-order valence-corrected chi connectivity index (χ2v) is 5.95. The Balaban J connectivity index is 1.68. The fourth-order valence-corrected chi connectivity index (χ4v) is 3.38. The molecular weight excluding hydrogens is 300 g/mol. The molecular formula is C15H12N4O2S. The van der Waals surface area contributed by atoms with E-state index in [1.54, 1.807) is 41.1 Å². The third kappa shape index (κ3) is 2.06. The van der Waals surface area contributed by atoms with E-state index in [9.17, 15) is 10.2 Å². The van der Waals surface area contributed by atoms with Crippen molar-refractivity contribution in [3.8, 4) is 22.9 Å². The highest BCUT2D eigenvalue weighted by Gasteiger charge is 2.29. The Morgan fingerprint density at radius 3 is 2.55 bits per heavy atom. The number of nitrogens with one attached hydrogen (secondary N) is 1. The van der Waals surface area contributed by atoms with E-state index < -0.39 is 0 Å². The summed E-state index contributed by atoms with van der Waals surface area (Å²) in [4.78, 5) is 0. The molecule has 0 spiro atoms. The first-order chi connectivity index (χ1) is 10.7. The number of hydrogen-bond acceptors (Lipinski definition) is 6. The van der Waals surface area contributed by atoms with Gasteiger partial charge in [-0.3, -0.25) is 0 Å². The maximum absolute atomic E-state index is 9.98. The quantitative estimate of drug-likeness (QED) is 0.675. The first-order valence-corrected chi connectivity index (χ1v) is 7.56. The van der Waals surface area contributed by atoms with Gasteiger partial charge in [0.05, 0.1) is 0 Å². The number of benzene rings is 2. The Kier molecular flexibility index (Phi) is 2.93. The number of phenols is 2. The van der Waals surface area contributed by atoms with Gasteiger partial charge in [-0.2, -0.15) is 0 Å². The van der Waals surface area contributed by atoms with Crippen LogP contribution >= 0.6 is 11.8 Å². The highest BCUT2D eigenvalue weighted by Crippen LogP contribution is 2.42. The lowest BCUT2D eigenvalue weighted by Gasteiger charge is -2.13. The van der Waals surface area contributed by atoms with Crippen molar-refractivity contribution >= 4 is 11.8 Å². The molecule has 110 valence electrons. The van der Waals surface area contributed by atoms with Crippen molar-refractivity contribution in [2.24, 2.45) is 0 Å². The van der Waals surface area contributed by atoms with Crippen molar-refractivity contribution in [1.29, 1.82) is 0 Å². The second-order valence-electron chi connectivity index (χ2n) is 4.87. The monoisotopic (exact) mass is 312 g/mol. The van der Waals surface area contributed by atoms with Crippen LogP contribution in [0.3, 0.4) is 0 Å². The molecule has 1 aromatic heterocycles. The first kappa shape index (κ1) is 13.0. The largest absolute Gasteiger partial charge is 0.508 e. The van der Waals surface area contributed by atoms with E-state index in [0.29, 0.717) is 5.82 Å². The van der Waals surface area contributed by atoms with E-state index in [2.05, 4.69) is 15.6 Å². The second kappa shape index (κ2) is 4.96. The van der Waals surface area contributed by atoms with Gasteiger partial charge in [0.25, 0.3) is 0 Å². The number of phenolic OH excluding ortho intramolecular Hbond substituents is 2. The van der Waals surface area contributed by atoms with Crippen molar-refractivity contribution in [1.82, 2.24) is 14.9 Å². The molecule has 7 heteroatoms. The number of fused-ring (bicyclic) bond motifs is 1. The average molecular weight is 312 g/mol. The van der Waals surface area contributed by atoms with Crippen LogP contribution in [0.15, 0.2) is 53.7 Å². The van der Waals surface area contributed by atoms with Gasteiger partial charge in [-0.05, 0) is 30.3 Å². The number of aromatic hydroxyl groups is 2. The highest BCUT2D eigenvalue weighted by atomic mass is 32.2. The predicted molar refractivity (Wildman–Crippen MR) is 83.2 cm³/mol. The Morgan fingerprint density at radius 2 is 1.77 bits per heavy atom. The van der Waals surface area contributed by atoms with Gasteiger partial charge in [0.15, 0.2) is 5.82 Å². The zero-order valence-corrected chi connectivity index (χ0v) is 12.2. The van der Waals surface area contributed by atoms with E-state index in [-0.39, 0.29) is 16.9 Å². The lowest BCUT2D eigenvalue weighted by molar-refractivity contribution is 0.468. The molecule has 0 aliphatic carbocycles. The molecule has 0 fully saturated rings. The third-order valence-electron chi connectivity index (χ3n) is 3.45. The highest BCUT2D eigenvalue weighted by molar-refractivity contribution is 7.99. The van der Waals surface area contributed by atoms with Gasteiger partial charge in [0.1, 0.15) is 16.9 Å². The molecule has 2 heterocycles. The summed E-state index contributed by atoms with van der Waals surface area (Å²) >= 11 is 1.49. The van der Waals surface area contributed by atoms with Crippen molar-refractivity contribution in [2.75, 3.05) is 5.43 Å². The van der Waals surface area contributed by atoms with Gasteiger partial charge >= 0.3 is 0 Å². The first-order valence-electron chi connectivity index (χ1n) is 6.68. The van der Waals surface area contributed by atoms with Gasteiger partial charge in [0.2, 0.25) is 5.16 Å². The molecule has 0 bridgehead atoms. The van der Waals surface area contributed by atoms with Crippen molar-refractivity contribution in [2.45, 2.75) is 10.5 Å². The number of para-hydroxylation sites is 1. The van der Waals surface area contributed by atoms with E-state index in [1.807, 2.05) is 12.1 Å². The summed E-state index contributed by atoms with van der Waals surface area (Å²) in [7, 11) is 0. The number of aromatic nitrogens is 3. The summed E-state index contributed by atoms with van der Waals surface area (Å²) in [5, 5.41) is 28.3. The lowest BCUT2D eigenvalue weighted by atomic mass is 10.2. The summed E-state index contributed by atoms with van der Waals surface area (Å²) in [6, 6.07) is 14.0. The van der Waals surface area contributed by atoms with Gasteiger partial charge < -0.3 is 15.6 Å². The van der Waals surface area contributed by atoms with E-state index >= 15 is 0 Å². The van der Waals surface area contributed by atoms with Crippen LogP contribution in [0.25, 0.3) is 11.4 Å². The minimum atomic E-state index is -0.123. The van der Waals surface area contributed by atoms with E-state index in [1.165, 1.54) is 11.8 Å². The fraction of sp³-hybridized carbons (Fsp3) is 0.0667. The van der Waals surface area contributed by atoms with Gasteiger partial charge in [-0.25, -0.2) is 4.68 Å². The molecule has 22 heavy (non-hydrogen) atoms. The summed E-state index contributed by atoms with van der Waals surface area (Å²) in [5.41, 5.74) is 4.94. The molecule has 0 unspecified atom stereocenters. The number of nitrogens with zero attached hydrogens (tertiary/aromatic N) is 3. The third-order valence-corrected chi connectivity index (χ3v) is 4.52. The molecule has 2 aromatic carbocycles. The zero-order chi connectivity index (χ0) is 15.1. The average Bonchev–Trinajstić information content (AvgIpc) is 3.09. The number of hydrogen-bond donors (Lipinski definition) is 3. The summed E-state index contributed by atoms with van der Waals surface area (Å²) < 4.78 is 1.80. The van der Waals surface area contributed by atoms with Gasteiger partial charge in [-0.1, -0.05) is 30.0 Å². The Morgan fingerprint density at radius 1 is 1.00 bits per heavy atom.